The van der Waals surface area contributed by atoms with Crippen LogP contribution in [0.25, 0.3) is 121 Å². The van der Waals surface area contributed by atoms with E-state index in [-0.39, 0.29) is 0 Å². The Bertz CT molecular complexity index is 3820. The molecule has 0 saturated carbocycles. The lowest BCUT2D eigenvalue weighted by atomic mass is 9.94. The molecule has 3 heterocycles. The van der Waals surface area contributed by atoms with Crippen LogP contribution in [0.15, 0.2) is 224 Å². The predicted molar refractivity (Wildman–Crippen MR) is 262 cm³/mol. The summed E-state index contributed by atoms with van der Waals surface area (Å²) in [7, 11) is 0. The molecule has 0 aliphatic heterocycles. The van der Waals surface area contributed by atoms with Crippen molar-refractivity contribution in [2.24, 2.45) is 0 Å². The Labute approximate surface area is 358 Å². The van der Waals surface area contributed by atoms with E-state index in [9.17, 15) is 0 Å². The summed E-state index contributed by atoms with van der Waals surface area (Å²) in [5, 5.41) is 12.5. The Morgan fingerprint density at radius 2 is 0.726 bits per heavy atom. The Hall–Kier alpha value is -8.27. The van der Waals surface area contributed by atoms with Gasteiger partial charge in [0.1, 0.15) is 5.82 Å². The van der Waals surface area contributed by atoms with E-state index in [4.69, 9.17) is 4.98 Å². The Balaban J connectivity index is 1.00. The van der Waals surface area contributed by atoms with Crippen molar-refractivity contribution in [1.82, 2.24) is 14.1 Å². The van der Waals surface area contributed by atoms with Gasteiger partial charge in [-0.15, -0.1) is 0 Å². The Kier molecular flexibility index (Phi) is 7.60. The molecule has 0 aliphatic rings. The van der Waals surface area contributed by atoms with E-state index in [1.807, 2.05) is 0 Å². The number of fused-ring (bicyclic) bond motifs is 12. The number of nitrogens with zero attached hydrogens (tertiary/aromatic N) is 3. The molecule has 0 fully saturated rings. The molecule has 3 nitrogen and oxygen atoms in total. The summed E-state index contributed by atoms with van der Waals surface area (Å²) in [5.74, 6) is 0.892. The van der Waals surface area contributed by atoms with Crippen LogP contribution in [0.2, 0.25) is 0 Å². The predicted octanol–water partition coefficient (Wildman–Crippen LogP) is 15.7. The van der Waals surface area contributed by atoms with E-state index >= 15 is 0 Å². The summed E-state index contributed by atoms with van der Waals surface area (Å²) >= 11 is 0. The van der Waals surface area contributed by atoms with E-state index in [0.717, 1.165) is 50.5 Å². The molecule has 0 amide bonds. The third-order valence-corrected chi connectivity index (χ3v) is 12.9. The number of aromatic nitrogens is 3. The van der Waals surface area contributed by atoms with Crippen LogP contribution in [0, 0.1) is 0 Å². The highest BCUT2D eigenvalue weighted by Gasteiger charge is 2.19. The van der Waals surface area contributed by atoms with Crippen molar-refractivity contribution >= 4 is 75.9 Å². The zero-order chi connectivity index (χ0) is 40.7. The number of hydrogen-bond donors (Lipinski definition) is 0. The van der Waals surface area contributed by atoms with Crippen molar-refractivity contribution in [2.45, 2.75) is 0 Å². The van der Waals surface area contributed by atoms with Crippen LogP contribution in [0.5, 0.6) is 0 Å². The largest absolute Gasteiger partial charge is 0.309 e. The van der Waals surface area contributed by atoms with E-state index in [2.05, 4.69) is 234 Å². The fourth-order valence-electron chi connectivity index (χ4n) is 10.0. The zero-order valence-electron chi connectivity index (χ0n) is 33.7. The fourth-order valence-corrected chi connectivity index (χ4v) is 10.0. The quantitative estimate of drug-likeness (QED) is 0.159. The summed E-state index contributed by atoms with van der Waals surface area (Å²) < 4.78 is 4.79. The molecule has 0 spiro atoms. The molecule has 3 aromatic heterocycles. The summed E-state index contributed by atoms with van der Waals surface area (Å²) in [6, 6.07) is 81.6. The lowest BCUT2D eigenvalue weighted by Gasteiger charge is -2.14. The van der Waals surface area contributed by atoms with E-state index < -0.39 is 0 Å². The van der Waals surface area contributed by atoms with Gasteiger partial charge >= 0.3 is 0 Å². The lowest BCUT2D eigenvalue weighted by Crippen LogP contribution is -2.00. The molecule has 13 rings (SSSR count). The first-order chi connectivity index (χ1) is 30.7. The summed E-state index contributed by atoms with van der Waals surface area (Å²) in [4.78, 5) is 5.39. The van der Waals surface area contributed by atoms with Gasteiger partial charge in [-0.2, -0.15) is 0 Å². The Morgan fingerprint density at radius 3 is 1.42 bits per heavy atom. The van der Waals surface area contributed by atoms with Gasteiger partial charge in [0.25, 0.3) is 0 Å². The van der Waals surface area contributed by atoms with Crippen LogP contribution in [0.4, 0.5) is 0 Å². The van der Waals surface area contributed by atoms with Crippen molar-refractivity contribution in [3.63, 3.8) is 0 Å². The molecule has 0 atom stereocenters. The van der Waals surface area contributed by atoms with E-state index in [1.165, 1.54) is 70.5 Å². The maximum Gasteiger partial charge on any atom is 0.138 e. The van der Waals surface area contributed by atoms with Crippen LogP contribution < -0.4 is 0 Å². The molecule has 62 heavy (non-hydrogen) atoms. The second kappa shape index (κ2) is 13.6. The normalized spacial score (nSPS) is 11.9. The van der Waals surface area contributed by atoms with Crippen LogP contribution in [-0.4, -0.2) is 14.1 Å². The molecule has 0 radical (unpaired) electrons. The molecule has 0 aliphatic carbocycles. The minimum absolute atomic E-state index is 0.892. The van der Waals surface area contributed by atoms with Crippen molar-refractivity contribution in [1.29, 1.82) is 0 Å². The first-order valence-corrected chi connectivity index (χ1v) is 21.3. The number of pyridine rings is 1. The van der Waals surface area contributed by atoms with Gasteiger partial charge in [0.15, 0.2) is 0 Å². The minimum atomic E-state index is 0.892. The number of rotatable bonds is 5. The van der Waals surface area contributed by atoms with Gasteiger partial charge in [0, 0.05) is 32.8 Å². The highest BCUT2D eigenvalue weighted by atomic mass is 15.1. The second-order valence-electron chi connectivity index (χ2n) is 16.3. The molecule has 0 unspecified atom stereocenters. The number of benzene rings is 10. The average Bonchev–Trinajstić information content (AvgIpc) is 3.86. The van der Waals surface area contributed by atoms with Gasteiger partial charge in [0.05, 0.1) is 27.8 Å². The smallest absolute Gasteiger partial charge is 0.138 e. The molecular weight excluding hydrogens is 751 g/mol. The number of para-hydroxylation sites is 2. The third kappa shape index (κ3) is 5.28. The third-order valence-electron chi connectivity index (χ3n) is 12.9. The summed E-state index contributed by atoms with van der Waals surface area (Å²) in [5.41, 5.74) is 12.4. The van der Waals surface area contributed by atoms with Crippen LogP contribution >= 0.6 is 0 Å². The Morgan fingerprint density at radius 1 is 0.242 bits per heavy atom. The molecule has 10 aromatic carbocycles. The van der Waals surface area contributed by atoms with Crippen LogP contribution in [0.1, 0.15) is 0 Å². The van der Waals surface area contributed by atoms with Gasteiger partial charge in [-0.05, 0) is 109 Å². The van der Waals surface area contributed by atoms with Crippen molar-refractivity contribution < 1.29 is 0 Å². The van der Waals surface area contributed by atoms with Crippen molar-refractivity contribution in [3.05, 3.63) is 224 Å². The number of hydrogen-bond acceptors (Lipinski definition) is 1. The summed E-state index contributed by atoms with van der Waals surface area (Å²) in [6.45, 7) is 0. The first-order valence-electron chi connectivity index (χ1n) is 21.3. The minimum Gasteiger partial charge on any atom is -0.309 e. The molecule has 3 heteroatoms. The standard InChI is InChI=1S/C59H37N3/c1-3-15-38(16-4-1)42-34-54(39-17-5-2-6-18-39)60-59(36-42)62-56-26-14-11-23-49(56)51-30-27-41(35-58(51)62)40-28-32-57-53(33-40)50-24-12-13-25-55(50)61(57)43-29-31-48-46-21-8-7-19-44(46)45-20-9-10-22-47(45)52(48)37-43/h1-37H. The van der Waals surface area contributed by atoms with E-state index in [1.54, 1.807) is 0 Å². The van der Waals surface area contributed by atoms with Gasteiger partial charge in [-0.25, -0.2) is 4.98 Å². The topological polar surface area (TPSA) is 22.8 Å². The maximum absolute atomic E-state index is 5.39. The van der Waals surface area contributed by atoms with E-state index in [0.29, 0.717) is 0 Å². The molecule has 0 bridgehead atoms. The van der Waals surface area contributed by atoms with Crippen LogP contribution in [-0.2, 0) is 0 Å². The molecule has 288 valence electrons. The summed E-state index contributed by atoms with van der Waals surface area (Å²) in [6.07, 6.45) is 0. The van der Waals surface area contributed by atoms with Crippen molar-refractivity contribution in [3.8, 4) is 45.0 Å². The fraction of sp³-hybridized carbons (Fsp3) is 0. The average molecular weight is 788 g/mol. The van der Waals surface area contributed by atoms with Gasteiger partial charge < -0.3 is 4.57 Å². The highest BCUT2D eigenvalue weighted by molar-refractivity contribution is 6.25. The lowest BCUT2D eigenvalue weighted by molar-refractivity contribution is 1.08. The van der Waals surface area contributed by atoms with Gasteiger partial charge in [-0.3, -0.25) is 4.57 Å². The second-order valence-corrected chi connectivity index (χ2v) is 16.3. The molecule has 0 N–H and O–H groups in total. The van der Waals surface area contributed by atoms with Gasteiger partial charge in [0.2, 0.25) is 0 Å². The molecular formula is C59H37N3. The van der Waals surface area contributed by atoms with Crippen LogP contribution in [0.3, 0.4) is 0 Å². The first kappa shape index (κ1) is 34.6. The molecule has 0 saturated heterocycles. The zero-order valence-corrected chi connectivity index (χ0v) is 33.7. The highest BCUT2D eigenvalue weighted by Crippen LogP contribution is 2.41. The monoisotopic (exact) mass is 787 g/mol. The van der Waals surface area contributed by atoms with Crippen molar-refractivity contribution in [2.75, 3.05) is 0 Å². The molecule has 13 aromatic rings. The maximum atomic E-state index is 5.39. The van der Waals surface area contributed by atoms with Gasteiger partial charge in [-0.1, -0.05) is 170 Å². The SMILES string of the molecule is c1ccc(-c2cc(-c3ccccc3)nc(-n3c4ccccc4c4ccc(-c5ccc6c(c5)c5ccccc5n6-c5ccc6c7ccccc7c7ccccc7c6c5)cc43)c2)cc1.